The van der Waals surface area contributed by atoms with Gasteiger partial charge in [-0.3, -0.25) is 14.8 Å². The zero-order valence-corrected chi connectivity index (χ0v) is 19.2. The van der Waals surface area contributed by atoms with Crippen LogP contribution in [0.3, 0.4) is 0 Å². The van der Waals surface area contributed by atoms with Gasteiger partial charge in [-0.2, -0.15) is 14.9 Å². The molecule has 1 fully saturated rings. The van der Waals surface area contributed by atoms with E-state index in [1.54, 1.807) is 32.4 Å². The van der Waals surface area contributed by atoms with Crippen LogP contribution < -0.4 is 10.5 Å². The quantitative estimate of drug-likeness (QED) is 0.469. The maximum atomic E-state index is 14.5. The molecular weight excluding hydrogens is 437 g/mol. The molecular formula is C24H26FN7O2. The fourth-order valence-corrected chi connectivity index (χ4v) is 4.27. The molecule has 1 aromatic carbocycles. The summed E-state index contributed by atoms with van der Waals surface area (Å²) >= 11 is 0. The third-order valence-corrected chi connectivity index (χ3v) is 6.17. The van der Waals surface area contributed by atoms with Crippen LogP contribution in [0, 0.1) is 12.7 Å². The molecule has 176 valence electrons. The number of nitrogens with zero attached hydrogens (tertiary/aromatic N) is 6. The van der Waals surface area contributed by atoms with Crippen molar-refractivity contribution >= 4 is 16.9 Å². The fraction of sp³-hybridized carbons (Fsp3) is 0.333. The lowest BCUT2D eigenvalue weighted by Crippen LogP contribution is -2.47. The zero-order chi connectivity index (χ0) is 23.7. The van der Waals surface area contributed by atoms with E-state index in [2.05, 4.69) is 30.1 Å². The number of fused-ring (bicyclic) bond motifs is 1. The Hall–Kier alpha value is -3.63. The van der Waals surface area contributed by atoms with Crippen molar-refractivity contribution in [3.63, 3.8) is 0 Å². The standard InChI is InChI=1S/C24H26FN7O2/c1-16-4-3-5-18(25)24(16)32-21(33)14-19-23(29-32)22(28-27-19)17-6-7-20(26-15-17)31-10-8-30(9-11-31)12-13-34-2/h3-7,14-15,27H,8-13H2,1-2H3. The second-order valence-corrected chi connectivity index (χ2v) is 8.36. The number of nitrogens with one attached hydrogen (secondary N) is 1. The van der Waals surface area contributed by atoms with Crippen LogP contribution in [0.1, 0.15) is 5.56 Å². The van der Waals surface area contributed by atoms with Crippen LogP contribution in [0.15, 0.2) is 47.4 Å². The van der Waals surface area contributed by atoms with Crippen molar-refractivity contribution in [1.29, 1.82) is 0 Å². The van der Waals surface area contributed by atoms with Gasteiger partial charge in [-0.15, -0.1) is 0 Å². The number of aromatic nitrogens is 5. The highest BCUT2D eigenvalue weighted by molar-refractivity contribution is 5.89. The molecule has 1 aliphatic rings. The number of H-pyrrole nitrogens is 1. The molecule has 4 aromatic rings. The number of anilines is 1. The predicted octanol–water partition coefficient (Wildman–Crippen LogP) is 2.39. The first-order valence-electron chi connectivity index (χ1n) is 11.2. The number of rotatable bonds is 6. The van der Waals surface area contributed by atoms with E-state index in [0.717, 1.165) is 55.4 Å². The largest absolute Gasteiger partial charge is 0.383 e. The predicted molar refractivity (Wildman–Crippen MR) is 128 cm³/mol. The number of aryl methyl sites for hydroxylation is 1. The van der Waals surface area contributed by atoms with Gasteiger partial charge in [0.05, 0.1) is 12.1 Å². The summed E-state index contributed by atoms with van der Waals surface area (Å²) in [5, 5.41) is 11.7. The Morgan fingerprint density at radius 1 is 1.15 bits per heavy atom. The molecule has 4 heterocycles. The van der Waals surface area contributed by atoms with Crippen LogP contribution >= 0.6 is 0 Å². The molecule has 0 amide bonds. The van der Waals surface area contributed by atoms with E-state index in [-0.39, 0.29) is 5.69 Å². The summed E-state index contributed by atoms with van der Waals surface area (Å²) in [6.45, 7) is 7.15. The average Bonchev–Trinajstić information content (AvgIpc) is 3.25. The van der Waals surface area contributed by atoms with E-state index in [1.807, 2.05) is 12.1 Å². The van der Waals surface area contributed by atoms with E-state index in [1.165, 1.54) is 12.1 Å². The summed E-state index contributed by atoms with van der Waals surface area (Å²) in [7, 11) is 1.72. The summed E-state index contributed by atoms with van der Waals surface area (Å²) in [4.78, 5) is 21.9. The van der Waals surface area contributed by atoms with Gasteiger partial charge in [-0.25, -0.2) is 9.37 Å². The third-order valence-electron chi connectivity index (χ3n) is 6.17. The Labute approximate surface area is 195 Å². The molecule has 34 heavy (non-hydrogen) atoms. The number of ether oxygens (including phenoxy) is 1. The first-order chi connectivity index (χ1) is 16.5. The summed E-state index contributed by atoms with van der Waals surface area (Å²) in [6, 6.07) is 9.96. The smallest absolute Gasteiger partial charge is 0.273 e. The number of hydrogen-bond acceptors (Lipinski definition) is 7. The van der Waals surface area contributed by atoms with Gasteiger partial charge < -0.3 is 9.64 Å². The van der Waals surface area contributed by atoms with Crippen molar-refractivity contribution in [2.75, 3.05) is 51.3 Å². The molecule has 1 saturated heterocycles. The molecule has 0 spiro atoms. The minimum atomic E-state index is -0.507. The van der Waals surface area contributed by atoms with Gasteiger partial charge >= 0.3 is 0 Å². The van der Waals surface area contributed by atoms with Crippen molar-refractivity contribution in [1.82, 2.24) is 29.9 Å². The van der Waals surface area contributed by atoms with E-state index >= 15 is 0 Å². The first kappa shape index (κ1) is 22.2. The zero-order valence-electron chi connectivity index (χ0n) is 19.2. The highest BCUT2D eigenvalue weighted by atomic mass is 19.1. The number of piperazine rings is 1. The molecule has 1 aliphatic heterocycles. The molecule has 0 radical (unpaired) electrons. The number of hydrogen-bond donors (Lipinski definition) is 1. The van der Waals surface area contributed by atoms with Gasteiger partial charge in [0.1, 0.15) is 28.5 Å². The van der Waals surface area contributed by atoms with Gasteiger partial charge in [0.15, 0.2) is 0 Å². The van der Waals surface area contributed by atoms with E-state index in [9.17, 15) is 9.18 Å². The van der Waals surface area contributed by atoms with Crippen molar-refractivity contribution in [2.45, 2.75) is 6.92 Å². The Morgan fingerprint density at radius 3 is 2.68 bits per heavy atom. The molecule has 3 aromatic heterocycles. The normalized spacial score (nSPS) is 14.7. The summed E-state index contributed by atoms with van der Waals surface area (Å²) in [5.74, 6) is 0.397. The van der Waals surface area contributed by atoms with Crippen LogP contribution in [0.5, 0.6) is 0 Å². The number of methoxy groups -OCH3 is 1. The van der Waals surface area contributed by atoms with Crippen molar-refractivity contribution in [3.05, 3.63) is 64.3 Å². The third kappa shape index (κ3) is 4.17. The molecule has 0 unspecified atom stereocenters. The van der Waals surface area contributed by atoms with Gasteiger partial charge in [-0.05, 0) is 30.7 Å². The fourth-order valence-electron chi connectivity index (χ4n) is 4.27. The Bertz CT molecular complexity index is 1340. The second-order valence-electron chi connectivity index (χ2n) is 8.36. The molecule has 0 atom stereocenters. The Balaban J connectivity index is 1.42. The molecule has 0 bridgehead atoms. The molecule has 0 saturated carbocycles. The maximum absolute atomic E-state index is 14.5. The van der Waals surface area contributed by atoms with E-state index in [0.29, 0.717) is 22.3 Å². The molecule has 10 heteroatoms. The molecule has 1 N–H and O–H groups in total. The van der Waals surface area contributed by atoms with Crippen molar-refractivity contribution < 1.29 is 9.13 Å². The average molecular weight is 464 g/mol. The maximum Gasteiger partial charge on any atom is 0.273 e. The summed E-state index contributed by atoms with van der Waals surface area (Å²) < 4.78 is 20.8. The Kier molecular flexibility index (Phi) is 6.08. The minimum Gasteiger partial charge on any atom is -0.383 e. The summed E-state index contributed by atoms with van der Waals surface area (Å²) in [6.07, 6.45) is 1.76. The van der Waals surface area contributed by atoms with Crippen LogP contribution in [0.4, 0.5) is 10.2 Å². The molecule has 9 nitrogen and oxygen atoms in total. The number of para-hydroxylation sites is 1. The highest BCUT2D eigenvalue weighted by Crippen LogP contribution is 2.26. The van der Waals surface area contributed by atoms with Gasteiger partial charge in [0, 0.05) is 57.7 Å². The lowest BCUT2D eigenvalue weighted by atomic mass is 10.1. The SMILES string of the molecule is COCCN1CCN(c2ccc(-c3n[nH]c4cc(=O)n(-c5c(C)cccc5F)nc34)cn2)CC1. The molecule has 5 rings (SSSR count). The van der Waals surface area contributed by atoms with E-state index < -0.39 is 11.4 Å². The van der Waals surface area contributed by atoms with Crippen LogP contribution in [-0.2, 0) is 4.74 Å². The van der Waals surface area contributed by atoms with Gasteiger partial charge in [0.2, 0.25) is 0 Å². The van der Waals surface area contributed by atoms with Crippen molar-refractivity contribution in [3.8, 4) is 16.9 Å². The molecule has 0 aliphatic carbocycles. The lowest BCUT2D eigenvalue weighted by molar-refractivity contribution is 0.144. The van der Waals surface area contributed by atoms with Crippen LogP contribution in [-0.4, -0.2) is 76.3 Å². The topological polar surface area (TPSA) is 92.2 Å². The lowest BCUT2D eigenvalue weighted by Gasteiger charge is -2.35. The summed E-state index contributed by atoms with van der Waals surface area (Å²) in [5.41, 5.74) is 2.60. The second kappa shape index (κ2) is 9.32. The van der Waals surface area contributed by atoms with E-state index in [4.69, 9.17) is 4.74 Å². The Morgan fingerprint density at radius 2 is 1.97 bits per heavy atom. The van der Waals surface area contributed by atoms with Gasteiger partial charge in [-0.1, -0.05) is 12.1 Å². The minimum absolute atomic E-state index is 0.139. The number of halogens is 1. The van der Waals surface area contributed by atoms with Crippen LogP contribution in [0.2, 0.25) is 0 Å². The highest BCUT2D eigenvalue weighted by Gasteiger charge is 2.19. The van der Waals surface area contributed by atoms with Gasteiger partial charge in [0.25, 0.3) is 5.56 Å². The monoisotopic (exact) mass is 463 g/mol. The number of benzene rings is 1. The first-order valence-corrected chi connectivity index (χ1v) is 11.2. The van der Waals surface area contributed by atoms with Crippen molar-refractivity contribution in [2.24, 2.45) is 0 Å². The number of aromatic amines is 1. The number of pyridine rings is 1. The van der Waals surface area contributed by atoms with Crippen LogP contribution in [0.25, 0.3) is 28.0 Å².